The Balaban J connectivity index is 1.55. The Morgan fingerprint density at radius 3 is 2.74 bits per heavy atom. The van der Waals surface area contributed by atoms with Crippen molar-refractivity contribution in [1.82, 2.24) is 4.68 Å². The second-order valence-corrected chi connectivity index (χ2v) is 8.38. The van der Waals surface area contributed by atoms with Gasteiger partial charge < -0.3 is 10.1 Å². The van der Waals surface area contributed by atoms with Gasteiger partial charge in [-0.15, -0.1) is 11.3 Å². The zero-order valence-electron chi connectivity index (χ0n) is 18.0. The van der Waals surface area contributed by atoms with Crippen LogP contribution in [-0.2, 0) is 11.3 Å². The van der Waals surface area contributed by atoms with Crippen molar-refractivity contribution in [2.75, 3.05) is 11.9 Å². The number of nitriles is 1. The monoisotopic (exact) mass is 465 g/mol. The van der Waals surface area contributed by atoms with E-state index in [1.165, 1.54) is 11.3 Å². The number of hydrogen-bond donors (Lipinski definition) is 1. The molecule has 0 bridgehead atoms. The number of nitrogens with one attached hydrogen (secondary N) is 1. The largest absolute Gasteiger partial charge is 0.482 e. The normalized spacial score (nSPS) is 13.3. The zero-order chi connectivity index (χ0) is 23.3. The standard InChI is InChI=1S/C26H19N5O2S/c27-13-18-6-8-20(9-7-18)15-29-31-23(17-34-26(31)28-14-19-4-2-1-3-5-19)21-10-11-24-22(12-21)30-25(32)16-33-24/h1-12,15,17H,14,16H2,(H,30,32). The number of hydrogen-bond acceptors (Lipinski definition) is 6. The van der Waals surface area contributed by atoms with Gasteiger partial charge in [-0.3, -0.25) is 9.79 Å². The number of carbonyl (C=O) groups is 1. The lowest BCUT2D eigenvalue weighted by atomic mass is 10.1. The number of aromatic nitrogens is 1. The van der Waals surface area contributed by atoms with Crippen molar-refractivity contribution in [2.45, 2.75) is 6.54 Å². The summed E-state index contributed by atoms with van der Waals surface area (Å²) in [5, 5.41) is 18.6. The van der Waals surface area contributed by atoms with Crippen LogP contribution < -0.4 is 14.9 Å². The number of fused-ring (bicyclic) bond motifs is 1. The fourth-order valence-corrected chi connectivity index (χ4v) is 4.31. The van der Waals surface area contributed by atoms with Gasteiger partial charge >= 0.3 is 0 Å². The van der Waals surface area contributed by atoms with E-state index in [-0.39, 0.29) is 12.5 Å². The third kappa shape index (κ3) is 4.65. The van der Waals surface area contributed by atoms with E-state index in [0.29, 0.717) is 23.5 Å². The van der Waals surface area contributed by atoms with Crippen molar-refractivity contribution in [2.24, 2.45) is 10.1 Å². The van der Waals surface area contributed by atoms with Crippen LogP contribution in [0.3, 0.4) is 0 Å². The van der Waals surface area contributed by atoms with Crippen LogP contribution in [0, 0.1) is 11.3 Å². The first-order chi connectivity index (χ1) is 16.7. The van der Waals surface area contributed by atoms with Gasteiger partial charge in [0.25, 0.3) is 5.91 Å². The molecule has 0 aliphatic carbocycles. The molecule has 2 heterocycles. The molecule has 0 radical (unpaired) electrons. The summed E-state index contributed by atoms with van der Waals surface area (Å²) in [5.41, 5.74) is 4.91. The van der Waals surface area contributed by atoms with E-state index in [2.05, 4.69) is 11.4 Å². The molecule has 166 valence electrons. The van der Waals surface area contributed by atoms with Gasteiger partial charge in [-0.2, -0.15) is 10.4 Å². The van der Waals surface area contributed by atoms with Crippen LogP contribution in [-0.4, -0.2) is 23.4 Å². The summed E-state index contributed by atoms with van der Waals surface area (Å²) >= 11 is 1.49. The van der Waals surface area contributed by atoms with Crippen LogP contribution in [0.1, 0.15) is 16.7 Å². The maximum Gasteiger partial charge on any atom is 0.262 e. The Hall–Kier alpha value is -4.48. The van der Waals surface area contributed by atoms with Gasteiger partial charge in [0, 0.05) is 10.9 Å². The van der Waals surface area contributed by atoms with E-state index < -0.39 is 0 Å². The SMILES string of the molecule is N#Cc1ccc(C=Nn2c(-c3ccc4c(c3)NC(=O)CO4)csc2=NCc2ccccc2)cc1. The number of thiazole rings is 1. The van der Waals surface area contributed by atoms with Crippen molar-refractivity contribution in [3.63, 3.8) is 0 Å². The highest BCUT2D eigenvalue weighted by molar-refractivity contribution is 7.07. The summed E-state index contributed by atoms with van der Waals surface area (Å²) in [6.45, 7) is 0.545. The Kier molecular flexibility index (Phi) is 6.01. The first-order valence-corrected chi connectivity index (χ1v) is 11.4. The van der Waals surface area contributed by atoms with Gasteiger partial charge in [-0.1, -0.05) is 42.5 Å². The molecule has 1 aromatic heterocycles. The maximum absolute atomic E-state index is 11.8. The van der Waals surface area contributed by atoms with E-state index in [1.54, 1.807) is 23.0 Å². The highest BCUT2D eigenvalue weighted by Crippen LogP contribution is 2.32. The first-order valence-electron chi connectivity index (χ1n) is 10.6. The minimum Gasteiger partial charge on any atom is -0.482 e. The lowest BCUT2D eigenvalue weighted by Gasteiger charge is -2.18. The summed E-state index contributed by atoms with van der Waals surface area (Å²) in [7, 11) is 0. The second kappa shape index (κ2) is 9.57. The van der Waals surface area contributed by atoms with E-state index in [0.717, 1.165) is 27.2 Å². The molecular formula is C26H19N5O2S. The first kappa shape index (κ1) is 21.4. The Bertz CT molecular complexity index is 1480. The van der Waals surface area contributed by atoms with Crippen LogP contribution in [0.4, 0.5) is 5.69 Å². The van der Waals surface area contributed by atoms with Crippen molar-refractivity contribution in [3.05, 3.63) is 99.7 Å². The molecule has 0 spiro atoms. The van der Waals surface area contributed by atoms with Crippen molar-refractivity contribution < 1.29 is 9.53 Å². The van der Waals surface area contributed by atoms with Crippen LogP contribution in [0.2, 0.25) is 0 Å². The Labute approximate surface area is 199 Å². The molecule has 1 N–H and O–H groups in total. The minimum atomic E-state index is -0.180. The molecular weight excluding hydrogens is 446 g/mol. The van der Waals surface area contributed by atoms with E-state index in [1.807, 2.05) is 66.0 Å². The lowest BCUT2D eigenvalue weighted by Crippen LogP contribution is -2.25. The molecule has 5 rings (SSSR count). The molecule has 34 heavy (non-hydrogen) atoms. The van der Waals surface area contributed by atoms with Gasteiger partial charge in [0.05, 0.1) is 35.8 Å². The van der Waals surface area contributed by atoms with Gasteiger partial charge in [-0.25, -0.2) is 4.68 Å². The van der Waals surface area contributed by atoms with Crippen molar-refractivity contribution in [1.29, 1.82) is 5.26 Å². The maximum atomic E-state index is 11.8. The number of anilines is 1. The highest BCUT2D eigenvalue weighted by atomic mass is 32.1. The quantitative estimate of drug-likeness (QED) is 0.443. The summed E-state index contributed by atoms with van der Waals surface area (Å²) in [6.07, 6.45) is 1.74. The number of ether oxygens (including phenoxy) is 1. The molecule has 1 aliphatic rings. The van der Waals surface area contributed by atoms with Crippen molar-refractivity contribution >= 4 is 29.1 Å². The zero-order valence-corrected chi connectivity index (χ0v) is 18.8. The molecule has 0 saturated heterocycles. The predicted molar refractivity (Wildman–Crippen MR) is 132 cm³/mol. The Morgan fingerprint density at radius 2 is 1.94 bits per heavy atom. The van der Waals surface area contributed by atoms with Gasteiger partial charge in [0.1, 0.15) is 5.75 Å². The van der Waals surface area contributed by atoms with Crippen LogP contribution in [0.25, 0.3) is 11.3 Å². The lowest BCUT2D eigenvalue weighted by molar-refractivity contribution is -0.118. The average Bonchev–Trinajstić information content (AvgIpc) is 3.29. The molecule has 4 aromatic rings. The average molecular weight is 466 g/mol. The number of nitrogens with zero attached hydrogens (tertiary/aromatic N) is 4. The summed E-state index contributed by atoms with van der Waals surface area (Å²) < 4.78 is 7.28. The Morgan fingerprint density at radius 1 is 1.12 bits per heavy atom. The second-order valence-electron chi connectivity index (χ2n) is 7.54. The number of rotatable bonds is 5. The van der Waals surface area contributed by atoms with Gasteiger partial charge in [-0.05, 0) is 41.5 Å². The van der Waals surface area contributed by atoms with Crippen LogP contribution in [0.15, 0.2) is 88.3 Å². The topological polar surface area (TPSA) is 91.8 Å². The number of carbonyl (C=O) groups excluding carboxylic acids is 1. The van der Waals surface area contributed by atoms with Gasteiger partial charge in [0.2, 0.25) is 4.80 Å². The van der Waals surface area contributed by atoms with E-state index in [4.69, 9.17) is 20.1 Å². The molecule has 8 heteroatoms. The molecule has 1 amide bonds. The molecule has 0 fully saturated rings. The summed E-state index contributed by atoms with van der Waals surface area (Å²) in [6, 6.07) is 25.0. The molecule has 0 atom stereocenters. The van der Waals surface area contributed by atoms with E-state index in [9.17, 15) is 4.79 Å². The van der Waals surface area contributed by atoms with Crippen LogP contribution in [0.5, 0.6) is 5.75 Å². The van der Waals surface area contributed by atoms with Crippen LogP contribution >= 0.6 is 11.3 Å². The minimum absolute atomic E-state index is 0.0161. The summed E-state index contributed by atoms with van der Waals surface area (Å²) in [4.78, 5) is 17.3. The molecule has 7 nitrogen and oxygen atoms in total. The predicted octanol–water partition coefficient (Wildman–Crippen LogP) is 4.40. The highest BCUT2D eigenvalue weighted by Gasteiger charge is 2.17. The van der Waals surface area contributed by atoms with E-state index >= 15 is 0 Å². The third-order valence-electron chi connectivity index (χ3n) is 5.20. The molecule has 0 saturated carbocycles. The van der Waals surface area contributed by atoms with Gasteiger partial charge in [0.15, 0.2) is 6.61 Å². The number of benzene rings is 3. The fraction of sp³-hybridized carbons (Fsp3) is 0.0769. The van der Waals surface area contributed by atoms with Crippen molar-refractivity contribution in [3.8, 4) is 23.1 Å². The molecule has 0 unspecified atom stereocenters. The third-order valence-corrected chi connectivity index (χ3v) is 6.05. The molecule has 1 aliphatic heterocycles. The number of amides is 1. The molecule has 3 aromatic carbocycles. The fourth-order valence-electron chi connectivity index (χ4n) is 3.47. The smallest absolute Gasteiger partial charge is 0.262 e. The summed E-state index contributed by atoms with van der Waals surface area (Å²) in [5.74, 6) is 0.459.